The second kappa shape index (κ2) is 8.75. The minimum Gasteiger partial charge on any atom is -0.347 e. The molecule has 0 radical (unpaired) electrons. The summed E-state index contributed by atoms with van der Waals surface area (Å²) in [5.41, 5.74) is 4.66. The number of piperidine rings is 1. The van der Waals surface area contributed by atoms with Crippen LogP contribution in [0.1, 0.15) is 28.1 Å². The van der Waals surface area contributed by atoms with Gasteiger partial charge in [-0.05, 0) is 44.0 Å². The zero-order valence-electron chi connectivity index (χ0n) is 19.2. The number of urea groups is 1. The van der Waals surface area contributed by atoms with E-state index in [9.17, 15) is 9.59 Å². The molecule has 1 atom stereocenters. The van der Waals surface area contributed by atoms with E-state index in [1.165, 1.54) is 11.3 Å². The first kappa shape index (κ1) is 21.7. The van der Waals surface area contributed by atoms with Crippen LogP contribution in [0.3, 0.4) is 0 Å². The Hall–Kier alpha value is -3.82. The van der Waals surface area contributed by atoms with Gasteiger partial charge in [0.25, 0.3) is 5.91 Å². The fraction of sp³-hybridized carbons (Fsp3) is 0.231. The van der Waals surface area contributed by atoms with E-state index in [4.69, 9.17) is 0 Å². The lowest BCUT2D eigenvalue weighted by Gasteiger charge is -2.30. The third-order valence-electron chi connectivity index (χ3n) is 6.55. The number of pyridine rings is 2. The van der Waals surface area contributed by atoms with Crippen molar-refractivity contribution in [1.82, 2.24) is 20.6 Å². The number of carbonyl (C=O) groups excluding carboxylic acids is 2. The number of anilines is 3. The van der Waals surface area contributed by atoms with Gasteiger partial charge in [-0.15, -0.1) is 11.3 Å². The zero-order chi connectivity index (χ0) is 23.9. The standard InChI is InChI=1S/C26H24N6O2S/c1-15-18(9-12-28-21(15)16-6-3-2-4-7-16)32-19-10-13-29-25-20(19)22(31-26(32)34)23(35-25)24(33)30-17-8-5-11-27-14-17/h2-4,6-7,9-10,12-13,17,27H,5,8,11,14H2,1H3,(H,30,33)(H,31,34). The monoisotopic (exact) mass is 484 g/mol. The third-order valence-corrected chi connectivity index (χ3v) is 7.64. The van der Waals surface area contributed by atoms with Crippen molar-refractivity contribution >= 4 is 50.6 Å². The summed E-state index contributed by atoms with van der Waals surface area (Å²) in [5, 5.41) is 10.2. The molecule has 5 heterocycles. The highest BCUT2D eigenvalue weighted by atomic mass is 32.1. The maximum atomic E-state index is 13.5. The van der Waals surface area contributed by atoms with Crippen LogP contribution in [0, 0.1) is 6.92 Å². The van der Waals surface area contributed by atoms with Gasteiger partial charge >= 0.3 is 6.03 Å². The van der Waals surface area contributed by atoms with Crippen LogP contribution in [0.15, 0.2) is 54.9 Å². The molecule has 0 aliphatic carbocycles. The van der Waals surface area contributed by atoms with Crippen molar-refractivity contribution in [3.8, 4) is 11.3 Å². The highest BCUT2D eigenvalue weighted by Crippen LogP contribution is 2.46. The van der Waals surface area contributed by atoms with E-state index in [-0.39, 0.29) is 18.0 Å². The predicted molar refractivity (Wildman–Crippen MR) is 139 cm³/mol. The summed E-state index contributed by atoms with van der Waals surface area (Å²) >= 11 is 1.31. The van der Waals surface area contributed by atoms with Gasteiger partial charge in [-0.3, -0.25) is 14.7 Å². The average molecular weight is 485 g/mol. The minimum absolute atomic E-state index is 0.0766. The molecule has 8 nitrogen and oxygen atoms in total. The topological polar surface area (TPSA) is 99.2 Å². The van der Waals surface area contributed by atoms with Crippen LogP contribution < -0.4 is 20.9 Å². The summed E-state index contributed by atoms with van der Waals surface area (Å²) < 4.78 is 0. The SMILES string of the molecule is Cc1c(N2C(=O)Nc3c(C(=O)NC4CCCNC4)sc4nccc2c34)ccnc1-c1ccccc1. The summed E-state index contributed by atoms with van der Waals surface area (Å²) in [6.07, 6.45) is 5.37. The number of amides is 3. The lowest BCUT2D eigenvalue weighted by molar-refractivity contribution is 0.0935. The molecule has 6 rings (SSSR count). The normalized spacial score (nSPS) is 17.3. The number of thiophene rings is 1. The number of carbonyl (C=O) groups is 2. The predicted octanol–water partition coefficient (Wildman–Crippen LogP) is 4.83. The highest BCUT2D eigenvalue weighted by molar-refractivity contribution is 7.21. The smallest absolute Gasteiger partial charge is 0.331 e. The van der Waals surface area contributed by atoms with Crippen molar-refractivity contribution in [3.05, 3.63) is 65.3 Å². The van der Waals surface area contributed by atoms with Crippen LogP contribution in [0.25, 0.3) is 21.5 Å². The Morgan fingerprint density at radius 1 is 1.11 bits per heavy atom. The summed E-state index contributed by atoms with van der Waals surface area (Å²) in [5.74, 6) is -0.178. The van der Waals surface area contributed by atoms with E-state index < -0.39 is 0 Å². The molecule has 1 saturated heterocycles. The van der Waals surface area contributed by atoms with Gasteiger partial charge in [0.2, 0.25) is 0 Å². The zero-order valence-corrected chi connectivity index (χ0v) is 20.0. The van der Waals surface area contributed by atoms with Gasteiger partial charge in [0.1, 0.15) is 9.71 Å². The molecule has 0 spiro atoms. The first-order chi connectivity index (χ1) is 17.1. The molecule has 3 aromatic heterocycles. The van der Waals surface area contributed by atoms with Crippen LogP contribution in [-0.2, 0) is 0 Å². The van der Waals surface area contributed by atoms with Crippen molar-refractivity contribution < 1.29 is 9.59 Å². The minimum atomic E-state index is -0.315. The summed E-state index contributed by atoms with van der Waals surface area (Å²) in [7, 11) is 0. The second-order valence-electron chi connectivity index (χ2n) is 8.77. The van der Waals surface area contributed by atoms with E-state index in [1.807, 2.05) is 49.4 Å². The van der Waals surface area contributed by atoms with Gasteiger partial charge in [-0.1, -0.05) is 30.3 Å². The number of nitrogens with one attached hydrogen (secondary N) is 3. The molecule has 9 heteroatoms. The molecular formula is C26H24N6O2S. The van der Waals surface area contributed by atoms with E-state index >= 15 is 0 Å². The van der Waals surface area contributed by atoms with Crippen molar-refractivity contribution in [3.63, 3.8) is 0 Å². The highest BCUT2D eigenvalue weighted by Gasteiger charge is 2.34. The fourth-order valence-corrected chi connectivity index (χ4v) is 5.89. The molecule has 4 aromatic rings. The van der Waals surface area contributed by atoms with Crippen molar-refractivity contribution in [2.45, 2.75) is 25.8 Å². The number of nitrogens with zero attached hydrogens (tertiary/aromatic N) is 3. The molecule has 3 N–H and O–H groups in total. The van der Waals surface area contributed by atoms with Crippen LogP contribution in [0.2, 0.25) is 0 Å². The maximum Gasteiger partial charge on any atom is 0.331 e. The summed E-state index contributed by atoms with van der Waals surface area (Å²) in [6.45, 7) is 3.69. The number of rotatable bonds is 4. The Morgan fingerprint density at radius 3 is 2.71 bits per heavy atom. The van der Waals surface area contributed by atoms with Crippen LogP contribution in [0.4, 0.5) is 21.9 Å². The van der Waals surface area contributed by atoms with E-state index in [1.54, 1.807) is 17.3 Å². The Labute approximate surface area is 206 Å². The number of hydrogen-bond donors (Lipinski definition) is 3. The number of aromatic nitrogens is 2. The molecule has 1 unspecified atom stereocenters. The molecule has 35 heavy (non-hydrogen) atoms. The molecule has 2 aliphatic heterocycles. The van der Waals surface area contributed by atoms with Gasteiger partial charge in [-0.25, -0.2) is 9.78 Å². The van der Waals surface area contributed by atoms with Gasteiger partial charge in [-0.2, -0.15) is 0 Å². The first-order valence-corrected chi connectivity index (χ1v) is 12.5. The van der Waals surface area contributed by atoms with E-state index in [2.05, 4.69) is 25.9 Å². The van der Waals surface area contributed by atoms with E-state index in [0.717, 1.165) is 53.8 Å². The lowest BCUT2D eigenvalue weighted by atomic mass is 10.0. The third kappa shape index (κ3) is 3.73. The van der Waals surface area contributed by atoms with Gasteiger partial charge in [0, 0.05) is 30.5 Å². The Bertz CT molecular complexity index is 1450. The Kier molecular flexibility index (Phi) is 5.43. The molecule has 1 fully saturated rings. The summed E-state index contributed by atoms with van der Waals surface area (Å²) in [6, 6.07) is 13.3. The molecule has 3 amide bonds. The lowest BCUT2D eigenvalue weighted by Crippen LogP contribution is -2.45. The Morgan fingerprint density at radius 2 is 1.91 bits per heavy atom. The molecule has 0 saturated carbocycles. The van der Waals surface area contributed by atoms with Gasteiger partial charge in [0.15, 0.2) is 0 Å². The Balaban J connectivity index is 1.43. The molecule has 0 bridgehead atoms. The van der Waals surface area contributed by atoms with Gasteiger partial charge in [0.05, 0.1) is 28.1 Å². The van der Waals surface area contributed by atoms with Crippen LogP contribution in [0.5, 0.6) is 0 Å². The number of benzene rings is 1. The van der Waals surface area contributed by atoms with Crippen LogP contribution >= 0.6 is 11.3 Å². The van der Waals surface area contributed by atoms with Crippen molar-refractivity contribution in [2.24, 2.45) is 0 Å². The molecule has 1 aromatic carbocycles. The maximum absolute atomic E-state index is 13.5. The average Bonchev–Trinajstić information content (AvgIpc) is 3.25. The van der Waals surface area contributed by atoms with Crippen molar-refractivity contribution in [1.29, 1.82) is 0 Å². The largest absolute Gasteiger partial charge is 0.347 e. The molecule has 2 aliphatic rings. The van der Waals surface area contributed by atoms with Crippen molar-refractivity contribution in [2.75, 3.05) is 23.3 Å². The fourth-order valence-electron chi connectivity index (χ4n) is 4.86. The summed E-state index contributed by atoms with van der Waals surface area (Å²) in [4.78, 5) is 38.6. The van der Waals surface area contributed by atoms with E-state index in [0.29, 0.717) is 21.1 Å². The quantitative estimate of drug-likeness (QED) is 0.385. The first-order valence-electron chi connectivity index (χ1n) is 11.7. The second-order valence-corrected chi connectivity index (χ2v) is 9.77. The number of hydrogen-bond acceptors (Lipinski definition) is 6. The molecular weight excluding hydrogens is 460 g/mol. The molecule has 176 valence electrons. The van der Waals surface area contributed by atoms with Crippen LogP contribution in [-0.4, -0.2) is 41.0 Å². The van der Waals surface area contributed by atoms with Gasteiger partial charge < -0.3 is 16.0 Å².